The molecule has 3 atom stereocenters. The fraction of sp³-hybridized carbons (Fsp3) is 0.429. The Bertz CT molecular complexity index is 988. The van der Waals surface area contributed by atoms with Crippen molar-refractivity contribution in [3.63, 3.8) is 0 Å². The molecule has 7 nitrogen and oxygen atoms in total. The lowest BCUT2D eigenvalue weighted by molar-refractivity contribution is -0.151. The SMILES string of the molecule is CC(C)C1(C(=O)N[C@H]2CC(=O)OC2CF)CC(c2nccc3ccccc23)=NO1. The molecule has 1 saturated heterocycles. The van der Waals surface area contributed by atoms with Gasteiger partial charge in [0.05, 0.1) is 18.2 Å². The summed E-state index contributed by atoms with van der Waals surface area (Å²) < 4.78 is 18.1. The first-order valence-electron chi connectivity index (χ1n) is 9.60. The Balaban J connectivity index is 1.59. The lowest BCUT2D eigenvalue weighted by Crippen LogP contribution is -2.55. The third-order valence-corrected chi connectivity index (χ3v) is 5.60. The molecular formula is C21H22FN3O4. The summed E-state index contributed by atoms with van der Waals surface area (Å²) in [6.45, 7) is 2.86. The molecule has 3 heterocycles. The molecule has 29 heavy (non-hydrogen) atoms. The molecule has 1 fully saturated rings. The average molecular weight is 399 g/mol. The van der Waals surface area contributed by atoms with Crippen molar-refractivity contribution >= 4 is 28.4 Å². The smallest absolute Gasteiger partial charge is 0.308 e. The molecule has 2 aromatic rings. The number of carbonyl (C=O) groups excluding carboxylic acids is 2. The van der Waals surface area contributed by atoms with Crippen LogP contribution in [-0.2, 0) is 19.2 Å². The highest BCUT2D eigenvalue weighted by molar-refractivity contribution is 6.11. The van der Waals surface area contributed by atoms with Crippen LogP contribution in [0.15, 0.2) is 41.7 Å². The van der Waals surface area contributed by atoms with E-state index < -0.39 is 36.3 Å². The van der Waals surface area contributed by atoms with Gasteiger partial charge >= 0.3 is 5.97 Å². The Kier molecular flexibility index (Phi) is 4.94. The minimum absolute atomic E-state index is 0.0624. The number of pyridine rings is 1. The topological polar surface area (TPSA) is 89.9 Å². The number of rotatable bonds is 5. The van der Waals surface area contributed by atoms with Crippen LogP contribution in [0.25, 0.3) is 10.8 Å². The molecule has 152 valence electrons. The quantitative estimate of drug-likeness (QED) is 0.781. The number of benzene rings is 1. The van der Waals surface area contributed by atoms with Gasteiger partial charge in [-0.15, -0.1) is 0 Å². The number of esters is 1. The van der Waals surface area contributed by atoms with Crippen molar-refractivity contribution in [1.29, 1.82) is 0 Å². The van der Waals surface area contributed by atoms with Gasteiger partial charge in [0.2, 0.25) is 5.60 Å². The number of nitrogens with zero attached hydrogens (tertiary/aromatic N) is 2. The van der Waals surface area contributed by atoms with Gasteiger partial charge in [-0.2, -0.15) is 0 Å². The minimum atomic E-state index is -1.26. The van der Waals surface area contributed by atoms with Crippen molar-refractivity contribution in [1.82, 2.24) is 10.3 Å². The van der Waals surface area contributed by atoms with Crippen molar-refractivity contribution in [3.8, 4) is 0 Å². The van der Waals surface area contributed by atoms with Gasteiger partial charge in [-0.1, -0.05) is 43.3 Å². The number of nitrogens with one attached hydrogen (secondary N) is 1. The summed E-state index contributed by atoms with van der Waals surface area (Å²) in [7, 11) is 0. The molecule has 2 aliphatic heterocycles. The molecule has 2 unspecified atom stereocenters. The zero-order chi connectivity index (χ0) is 20.6. The van der Waals surface area contributed by atoms with E-state index in [0.29, 0.717) is 11.4 Å². The zero-order valence-corrected chi connectivity index (χ0v) is 16.2. The van der Waals surface area contributed by atoms with E-state index >= 15 is 0 Å². The van der Waals surface area contributed by atoms with Crippen molar-refractivity contribution in [2.45, 2.75) is 44.4 Å². The number of cyclic esters (lactones) is 1. The maximum absolute atomic E-state index is 13.2. The molecule has 1 amide bonds. The molecule has 8 heteroatoms. The molecule has 1 N–H and O–H groups in total. The first-order chi connectivity index (χ1) is 13.9. The van der Waals surface area contributed by atoms with Crippen molar-refractivity contribution in [3.05, 3.63) is 42.2 Å². The normalized spacial score (nSPS) is 26.3. The van der Waals surface area contributed by atoms with Gasteiger partial charge in [0.25, 0.3) is 5.91 Å². The van der Waals surface area contributed by atoms with Crippen molar-refractivity contribution in [2.75, 3.05) is 6.67 Å². The van der Waals surface area contributed by atoms with Crippen LogP contribution >= 0.6 is 0 Å². The molecule has 0 aliphatic carbocycles. The average Bonchev–Trinajstić information content (AvgIpc) is 3.32. The van der Waals surface area contributed by atoms with Crippen LogP contribution in [0.5, 0.6) is 0 Å². The number of hydrogen-bond donors (Lipinski definition) is 1. The summed E-state index contributed by atoms with van der Waals surface area (Å²) in [5.41, 5.74) is -0.0219. The Labute approximate surface area is 167 Å². The molecule has 2 aliphatic rings. The lowest BCUT2D eigenvalue weighted by Gasteiger charge is -2.30. The Hall–Kier alpha value is -3.03. The Morgan fingerprint density at radius 1 is 1.34 bits per heavy atom. The molecular weight excluding hydrogens is 377 g/mol. The maximum atomic E-state index is 13.2. The van der Waals surface area contributed by atoms with E-state index in [1.54, 1.807) is 6.20 Å². The van der Waals surface area contributed by atoms with Crippen LogP contribution in [0.1, 0.15) is 32.4 Å². The molecule has 1 aromatic heterocycles. The molecule has 0 bridgehead atoms. The van der Waals surface area contributed by atoms with E-state index in [0.717, 1.165) is 10.8 Å². The number of ether oxygens (including phenoxy) is 1. The predicted molar refractivity (Wildman–Crippen MR) is 104 cm³/mol. The first-order valence-corrected chi connectivity index (χ1v) is 9.60. The summed E-state index contributed by atoms with van der Waals surface area (Å²) >= 11 is 0. The number of carbonyl (C=O) groups is 2. The van der Waals surface area contributed by atoms with Crippen LogP contribution in [0.2, 0.25) is 0 Å². The van der Waals surface area contributed by atoms with Gasteiger partial charge in [-0.05, 0) is 11.5 Å². The molecule has 1 aromatic carbocycles. The van der Waals surface area contributed by atoms with Crippen molar-refractivity contribution in [2.24, 2.45) is 11.1 Å². The predicted octanol–water partition coefficient (Wildman–Crippen LogP) is 2.52. The summed E-state index contributed by atoms with van der Waals surface area (Å²) in [5, 5.41) is 8.88. The highest BCUT2D eigenvalue weighted by Crippen LogP contribution is 2.35. The third-order valence-electron chi connectivity index (χ3n) is 5.60. The number of oxime groups is 1. The second kappa shape index (κ2) is 7.42. The fourth-order valence-electron chi connectivity index (χ4n) is 3.80. The number of fused-ring (bicyclic) bond motifs is 1. The van der Waals surface area contributed by atoms with Crippen LogP contribution in [-0.4, -0.2) is 47.0 Å². The van der Waals surface area contributed by atoms with Gasteiger partial charge in [0.15, 0.2) is 6.10 Å². The molecule has 4 rings (SSSR count). The van der Waals surface area contributed by atoms with Crippen molar-refractivity contribution < 1.29 is 23.6 Å². The summed E-state index contributed by atoms with van der Waals surface area (Å²) in [4.78, 5) is 34.8. The largest absolute Gasteiger partial charge is 0.457 e. The van der Waals surface area contributed by atoms with E-state index in [-0.39, 0.29) is 18.8 Å². The van der Waals surface area contributed by atoms with Crippen LogP contribution in [0.3, 0.4) is 0 Å². The standard InChI is InChI=1S/C21H22FN3O4/c1-12(2)21(20(27)24-15-9-18(26)28-17(15)11-22)10-16(25-29-21)19-14-6-4-3-5-13(14)7-8-23-19/h3-8,12,15,17H,9-11H2,1-2H3,(H,24,27)/t15-,17?,21?/m0/s1. The first kappa shape index (κ1) is 19.3. The summed E-state index contributed by atoms with van der Waals surface area (Å²) in [5.74, 6) is -1.19. The second-order valence-electron chi connectivity index (χ2n) is 7.70. The van der Waals surface area contributed by atoms with Gasteiger partial charge in [-0.25, -0.2) is 4.39 Å². The monoisotopic (exact) mass is 399 g/mol. The van der Waals surface area contributed by atoms with Gasteiger partial charge in [0.1, 0.15) is 12.4 Å². The van der Waals surface area contributed by atoms with Crippen LogP contribution in [0.4, 0.5) is 4.39 Å². The lowest BCUT2D eigenvalue weighted by atomic mass is 9.83. The van der Waals surface area contributed by atoms with E-state index in [1.165, 1.54) is 0 Å². The molecule has 0 radical (unpaired) electrons. The number of aromatic nitrogens is 1. The Morgan fingerprint density at radius 3 is 2.90 bits per heavy atom. The van der Waals surface area contributed by atoms with Crippen LogP contribution in [0, 0.1) is 5.92 Å². The molecule has 0 spiro atoms. The Morgan fingerprint density at radius 2 is 2.14 bits per heavy atom. The number of alkyl halides is 1. The number of amides is 1. The van der Waals surface area contributed by atoms with Crippen LogP contribution < -0.4 is 5.32 Å². The highest BCUT2D eigenvalue weighted by Gasteiger charge is 2.51. The summed E-state index contributed by atoms with van der Waals surface area (Å²) in [6, 6.07) is 8.97. The third kappa shape index (κ3) is 3.32. The van der Waals surface area contributed by atoms with E-state index in [4.69, 9.17) is 9.57 Å². The zero-order valence-electron chi connectivity index (χ0n) is 16.2. The van der Waals surface area contributed by atoms with Gasteiger partial charge < -0.3 is 14.9 Å². The highest BCUT2D eigenvalue weighted by atomic mass is 19.1. The second-order valence-corrected chi connectivity index (χ2v) is 7.70. The van der Waals surface area contributed by atoms with Gasteiger partial charge in [-0.3, -0.25) is 14.6 Å². The maximum Gasteiger partial charge on any atom is 0.308 e. The van der Waals surface area contributed by atoms with E-state index in [2.05, 4.69) is 15.5 Å². The van der Waals surface area contributed by atoms with Gasteiger partial charge in [0, 0.05) is 23.9 Å². The van der Waals surface area contributed by atoms with E-state index in [1.807, 2.05) is 44.2 Å². The number of halogens is 1. The summed E-state index contributed by atoms with van der Waals surface area (Å²) in [6.07, 6.45) is 0.882. The minimum Gasteiger partial charge on any atom is -0.457 e. The fourth-order valence-corrected chi connectivity index (χ4v) is 3.80. The molecule has 0 saturated carbocycles. The number of hydrogen-bond acceptors (Lipinski definition) is 6. The van der Waals surface area contributed by atoms with E-state index in [9.17, 15) is 14.0 Å².